The maximum Gasteiger partial charge on any atom is 0.326 e. The van der Waals surface area contributed by atoms with Gasteiger partial charge < -0.3 is 10.4 Å². The number of amides is 1. The molecule has 0 aliphatic heterocycles. The normalized spacial score (nSPS) is 24.6. The zero-order valence-electron chi connectivity index (χ0n) is 11.9. The summed E-state index contributed by atoms with van der Waals surface area (Å²) in [4.78, 5) is 23.6. The van der Waals surface area contributed by atoms with E-state index in [1.54, 1.807) is 18.2 Å². The van der Waals surface area contributed by atoms with Crippen LogP contribution in [0, 0.1) is 17.8 Å². The molecular formula is C16H17Cl2NO3. The molecule has 2 fully saturated rings. The van der Waals surface area contributed by atoms with Crippen LogP contribution in [0.2, 0.25) is 10.0 Å². The molecule has 0 heterocycles. The molecule has 0 radical (unpaired) electrons. The first-order valence-corrected chi connectivity index (χ1v) is 8.18. The number of benzene rings is 1. The third-order valence-corrected chi connectivity index (χ3v) is 4.82. The first-order valence-electron chi connectivity index (χ1n) is 7.42. The minimum Gasteiger partial charge on any atom is -0.480 e. The Hall–Kier alpha value is -1.26. The number of rotatable bonds is 6. The van der Waals surface area contributed by atoms with E-state index in [-0.39, 0.29) is 18.2 Å². The molecule has 22 heavy (non-hydrogen) atoms. The van der Waals surface area contributed by atoms with Gasteiger partial charge in [-0.1, -0.05) is 23.2 Å². The van der Waals surface area contributed by atoms with E-state index in [2.05, 4.69) is 5.32 Å². The molecule has 1 aromatic rings. The van der Waals surface area contributed by atoms with Gasteiger partial charge in [-0.05, 0) is 54.9 Å². The molecule has 0 aromatic heterocycles. The molecule has 0 bridgehead atoms. The van der Waals surface area contributed by atoms with Crippen LogP contribution in [-0.4, -0.2) is 23.0 Å². The molecular weight excluding hydrogens is 325 g/mol. The van der Waals surface area contributed by atoms with Crippen LogP contribution < -0.4 is 5.32 Å². The van der Waals surface area contributed by atoms with Crippen molar-refractivity contribution in [3.05, 3.63) is 33.8 Å². The van der Waals surface area contributed by atoms with E-state index in [0.717, 1.165) is 6.42 Å². The Labute approximate surface area is 138 Å². The van der Waals surface area contributed by atoms with Crippen LogP contribution in [0.25, 0.3) is 0 Å². The van der Waals surface area contributed by atoms with Crippen molar-refractivity contribution in [3.63, 3.8) is 0 Å². The summed E-state index contributed by atoms with van der Waals surface area (Å²) < 4.78 is 0. The Bertz CT molecular complexity index is 595. The fourth-order valence-electron chi connectivity index (χ4n) is 3.00. The minimum atomic E-state index is -1.05. The molecule has 118 valence electrons. The highest BCUT2D eigenvalue weighted by atomic mass is 35.5. The maximum atomic E-state index is 12.2. The van der Waals surface area contributed by atoms with E-state index >= 15 is 0 Å². The summed E-state index contributed by atoms with van der Waals surface area (Å²) in [5.41, 5.74) is 0.694. The predicted molar refractivity (Wildman–Crippen MR) is 84.1 cm³/mol. The molecule has 0 spiro atoms. The second-order valence-electron chi connectivity index (χ2n) is 6.22. The van der Waals surface area contributed by atoms with Gasteiger partial charge in [0.05, 0.1) is 0 Å². The van der Waals surface area contributed by atoms with Gasteiger partial charge in [-0.15, -0.1) is 0 Å². The first-order chi connectivity index (χ1) is 10.4. The molecule has 1 aromatic carbocycles. The molecule has 1 amide bonds. The second-order valence-corrected chi connectivity index (χ2v) is 7.10. The van der Waals surface area contributed by atoms with Gasteiger partial charge >= 0.3 is 5.97 Å². The average molecular weight is 342 g/mol. The molecule has 2 N–H and O–H groups in total. The zero-order chi connectivity index (χ0) is 15.9. The first kappa shape index (κ1) is 15.6. The molecule has 6 heteroatoms. The summed E-state index contributed by atoms with van der Waals surface area (Å²) in [7, 11) is 0. The van der Waals surface area contributed by atoms with Gasteiger partial charge in [-0.25, -0.2) is 4.79 Å². The predicted octanol–water partition coefficient (Wildman–Crippen LogP) is 3.15. The largest absolute Gasteiger partial charge is 0.480 e. The average Bonchev–Trinajstić information content (AvgIpc) is 3.26. The number of hydrogen-bond donors (Lipinski definition) is 2. The molecule has 2 aliphatic rings. The van der Waals surface area contributed by atoms with Gasteiger partial charge in [-0.2, -0.15) is 0 Å². The van der Waals surface area contributed by atoms with Crippen LogP contribution in [-0.2, 0) is 16.0 Å². The van der Waals surface area contributed by atoms with Gasteiger partial charge in [0.2, 0.25) is 5.91 Å². The van der Waals surface area contributed by atoms with E-state index in [0.29, 0.717) is 27.4 Å². The summed E-state index contributed by atoms with van der Waals surface area (Å²) >= 11 is 11.8. The molecule has 3 atom stereocenters. The van der Waals surface area contributed by atoms with Gasteiger partial charge in [0.15, 0.2) is 0 Å². The highest BCUT2D eigenvalue weighted by Crippen LogP contribution is 2.54. The molecule has 3 unspecified atom stereocenters. The SMILES string of the molecule is O=C(O)C(Cc1cc(Cl)cc(Cl)c1)NC(=O)C1CC1C1CC1. The number of carbonyl (C=O) groups is 2. The molecule has 2 aliphatic carbocycles. The third kappa shape index (κ3) is 3.73. The molecule has 2 saturated carbocycles. The maximum absolute atomic E-state index is 12.2. The number of carbonyl (C=O) groups excluding carboxylic acids is 1. The Kier molecular flexibility index (Phi) is 4.33. The van der Waals surface area contributed by atoms with Gasteiger partial charge in [0, 0.05) is 22.4 Å². The standard InChI is InChI=1S/C16H17Cl2NO3/c17-10-3-8(4-11(18)6-10)5-14(16(21)22)19-15(20)13-7-12(13)9-1-2-9/h3-4,6,9,12-14H,1-2,5,7H2,(H,19,20)(H,21,22). The lowest BCUT2D eigenvalue weighted by molar-refractivity contribution is -0.142. The van der Waals surface area contributed by atoms with Crippen LogP contribution in [0.4, 0.5) is 0 Å². The van der Waals surface area contributed by atoms with Crippen LogP contribution in [0.1, 0.15) is 24.8 Å². The van der Waals surface area contributed by atoms with Gasteiger partial charge in [0.25, 0.3) is 0 Å². The smallest absolute Gasteiger partial charge is 0.326 e. The van der Waals surface area contributed by atoms with Gasteiger partial charge in [0.1, 0.15) is 6.04 Å². The lowest BCUT2D eigenvalue weighted by atomic mass is 10.1. The van der Waals surface area contributed by atoms with Crippen molar-refractivity contribution in [1.82, 2.24) is 5.32 Å². The summed E-state index contributed by atoms with van der Waals surface area (Å²) in [5.74, 6) is -0.0383. The van der Waals surface area contributed by atoms with Crippen LogP contribution in [0.5, 0.6) is 0 Å². The number of halogens is 2. The number of aliphatic carboxylic acids is 1. The number of nitrogens with one attached hydrogen (secondary N) is 1. The van der Waals surface area contributed by atoms with E-state index in [4.69, 9.17) is 23.2 Å². The van der Waals surface area contributed by atoms with E-state index in [1.807, 2.05) is 0 Å². The minimum absolute atomic E-state index is 0.00250. The summed E-state index contributed by atoms with van der Waals surface area (Å²) in [5, 5.41) is 12.9. The van der Waals surface area contributed by atoms with Crippen LogP contribution in [0.15, 0.2) is 18.2 Å². The second kappa shape index (κ2) is 6.09. The van der Waals surface area contributed by atoms with Crippen molar-refractivity contribution in [3.8, 4) is 0 Å². The van der Waals surface area contributed by atoms with Crippen molar-refractivity contribution in [2.75, 3.05) is 0 Å². The molecule has 3 rings (SSSR count). The van der Waals surface area contributed by atoms with Crippen molar-refractivity contribution < 1.29 is 14.7 Å². The van der Waals surface area contributed by atoms with Crippen LogP contribution in [0.3, 0.4) is 0 Å². The van der Waals surface area contributed by atoms with Gasteiger partial charge in [-0.3, -0.25) is 4.79 Å². The lowest BCUT2D eigenvalue weighted by Crippen LogP contribution is -2.43. The van der Waals surface area contributed by atoms with E-state index in [1.165, 1.54) is 12.8 Å². The highest BCUT2D eigenvalue weighted by Gasteiger charge is 2.51. The Morgan fingerprint density at radius 1 is 1.23 bits per heavy atom. The quantitative estimate of drug-likeness (QED) is 0.835. The summed E-state index contributed by atoms with van der Waals surface area (Å²) in [6.45, 7) is 0. The lowest BCUT2D eigenvalue weighted by Gasteiger charge is -2.15. The highest BCUT2D eigenvalue weighted by molar-refractivity contribution is 6.34. The van der Waals surface area contributed by atoms with Crippen molar-refractivity contribution in [2.45, 2.75) is 31.7 Å². The van der Waals surface area contributed by atoms with Crippen molar-refractivity contribution >= 4 is 35.1 Å². The van der Waals surface area contributed by atoms with E-state index in [9.17, 15) is 14.7 Å². The Morgan fingerprint density at radius 2 is 1.86 bits per heavy atom. The van der Waals surface area contributed by atoms with Crippen LogP contribution >= 0.6 is 23.2 Å². The summed E-state index contributed by atoms with van der Waals surface area (Å²) in [6, 6.07) is 3.97. The Balaban J connectivity index is 1.62. The fourth-order valence-corrected chi connectivity index (χ4v) is 3.58. The third-order valence-electron chi connectivity index (χ3n) is 4.38. The number of carboxylic acid groups (broad SMARTS) is 1. The van der Waals surface area contributed by atoms with E-state index < -0.39 is 12.0 Å². The topological polar surface area (TPSA) is 66.4 Å². The Morgan fingerprint density at radius 3 is 2.41 bits per heavy atom. The van der Waals surface area contributed by atoms with Crippen molar-refractivity contribution in [1.29, 1.82) is 0 Å². The van der Waals surface area contributed by atoms with Crippen molar-refractivity contribution in [2.24, 2.45) is 17.8 Å². The number of carboxylic acids is 1. The fraction of sp³-hybridized carbons (Fsp3) is 0.500. The molecule has 4 nitrogen and oxygen atoms in total. The number of hydrogen-bond acceptors (Lipinski definition) is 2. The molecule has 0 saturated heterocycles. The summed E-state index contributed by atoms with van der Waals surface area (Å²) in [6.07, 6.45) is 3.48. The zero-order valence-corrected chi connectivity index (χ0v) is 13.4. The monoisotopic (exact) mass is 341 g/mol.